The monoisotopic (exact) mass is 347 g/mol. The highest BCUT2D eigenvalue weighted by atomic mass is 35.5. The van der Waals surface area contributed by atoms with Gasteiger partial charge in [-0.15, -0.1) is 0 Å². The molecule has 0 saturated carbocycles. The van der Waals surface area contributed by atoms with Gasteiger partial charge in [-0.2, -0.15) is 0 Å². The summed E-state index contributed by atoms with van der Waals surface area (Å²) in [6, 6.07) is 13.1. The maximum absolute atomic E-state index is 12.2. The lowest BCUT2D eigenvalue weighted by atomic mass is 10.2. The van der Waals surface area contributed by atoms with E-state index in [4.69, 9.17) is 21.1 Å². The van der Waals surface area contributed by atoms with Crippen LogP contribution in [0.5, 0.6) is 11.5 Å². The van der Waals surface area contributed by atoms with Crippen molar-refractivity contribution < 1.29 is 14.3 Å². The van der Waals surface area contributed by atoms with Gasteiger partial charge in [0.05, 0.1) is 20.1 Å². The quantitative estimate of drug-likeness (QED) is 0.757. The molecule has 0 atom stereocenters. The van der Waals surface area contributed by atoms with Gasteiger partial charge in [-0.05, 0) is 37.3 Å². The average Bonchev–Trinajstić information content (AvgIpc) is 2.56. The first-order valence-corrected chi connectivity index (χ1v) is 8.13. The molecule has 0 aliphatic carbocycles. The van der Waals surface area contributed by atoms with E-state index in [1.165, 1.54) is 5.56 Å². The summed E-state index contributed by atoms with van der Waals surface area (Å²) in [7, 11) is 3.36. The summed E-state index contributed by atoms with van der Waals surface area (Å²) in [6.07, 6.45) is 0.313. The number of benzene rings is 2. The number of rotatable bonds is 7. The number of aryl methyl sites for hydroxylation is 1. The molecule has 0 aliphatic rings. The molecule has 0 unspecified atom stereocenters. The van der Waals surface area contributed by atoms with Crippen LogP contribution >= 0.6 is 11.6 Å². The van der Waals surface area contributed by atoms with E-state index < -0.39 is 0 Å². The Hall–Kier alpha value is -2.20. The number of nitrogens with zero attached hydrogens (tertiary/aromatic N) is 1. The minimum Gasteiger partial charge on any atom is -0.496 e. The number of hydrogen-bond donors (Lipinski definition) is 0. The third-order valence-electron chi connectivity index (χ3n) is 3.68. The van der Waals surface area contributed by atoms with Crippen molar-refractivity contribution in [1.82, 2.24) is 4.90 Å². The van der Waals surface area contributed by atoms with Crippen LogP contribution in [0.1, 0.15) is 17.5 Å². The SMILES string of the molecule is COc1ccc(Cl)cc1CN(C)C(=O)CCOc1ccc(C)cc1. The molecule has 0 aromatic heterocycles. The van der Waals surface area contributed by atoms with Gasteiger partial charge in [-0.25, -0.2) is 0 Å². The highest BCUT2D eigenvalue weighted by molar-refractivity contribution is 6.30. The second-order valence-electron chi connectivity index (χ2n) is 5.62. The van der Waals surface area contributed by atoms with E-state index in [9.17, 15) is 4.79 Å². The molecule has 0 fully saturated rings. The van der Waals surface area contributed by atoms with Crippen molar-refractivity contribution in [2.45, 2.75) is 19.9 Å². The summed E-state index contributed by atoms with van der Waals surface area (Å²) >= 11 is 6.02. The van der Waals surface area contributed by atoms with Crippen LogP contribution in [0.15, 0.2) is 42.5 Å². The van der Waals surface area contributed by atoms with E-state index in [1.807, 2.05) is 37.3 Å². The minimum absolute atomic E-state index is 0.00383. The van der Waals surface area contributed by atoms with E-state index in [0.29, 0.717) is 24.6 Å². The lowest BCUT2D eigenvalue weighted by Crippen LogP contribution is -2.27. The highest BCUT2D eigenvalue weighted by Gasteiger charge is 2.12. The lowest BCUT2D eigenvalue weighted by molar-refractivity contribution is -0.130. The Morgan fingerprint density at radius 2 is 1.88 bits per heavy atom. The fourth-order valence-electron chi connectivity index (χ4n) is 2.30. The Balaban J connectivity index is 1.86. The number of methoxy groups -OCH3 is 1. The van der Waals surface area contributed by atoms with Gasteiger partial charge in [-0.3, -0.25) is 4.79 Å². The number of amides is 1. The average molecular weight is 348 g/mol. The Morgan fingerprint density at radius 3 is 2.54 bits per heavy atom. The summed E-state index contributed by atoms with van der Waals surface area (Å²) in [4.78, 5) is 13.9. The van der Waals surface area contributed by atoms with Crippen molar-refractivity contribution in [3.05, 3.63) is 58.6 Å². The molecule has 24 heavy (non-hydrogen) atoms. The van der Waals surface area contributed by atoms with E-state index in [2.05, 4.69) is 0 Å². The molecule has 5 heteroatoms. The lowest BCUT2D eigenvalue weighted by Gasteiger charge is -2.19. The van der Waals surface area contributed by atoms with Crippen LogP contribution in [-0.4, -0.2) is 31.6 Å². The summed E-state index contributed by atoms with van der Waals surface area (Å²) in [5.41, 5.74) is 2.05. The van der Waals surface area contributed by atoms with Crippen LogP contribution in [-0.2, 0) is 11.3 Å². The normalized spacial score (nSPS) is 10.3. The molecule has 2 aromatic carbocycles. The van der Waals surface area contributed by atoms with Gasteiger partial charge in [-0.1, -0.05) is 29.3 Å². The third kappa shape index (κ3) is 5.17. The van der Waals surface area contributed by atoms with E-state index in [0.717, 1.165) is 17.1 Å². The van der Waals surface area contributed by atoms with Gasteiger partial charge in [0, 0.05) is 24.2 Å². The molecule has 0 N–H and O–H groups in total. The molecule has 1 amide bonds. The van der Waals surface area contributed by atoms with Crippen LogP contribution in [0.2, 0.25) is 5.02 Å². The highest BCUT2D eigenvalue weighted by Crippen LogP contribution is 2.24. The molecule has 0 radical (unpaired) electrons. The van der Waals surface area contributed by atoms with Crippen LogP contribution in [0.3, 0.4) is 0 Å². The van der Waals surface area contributed by atoms with Crippen LogP contribution in [0.25, 0.3) is 0 Å². The van der Waals surface area contributed by atoms with Crippen LogP contribution in [0.4, 0.5) is 0 Å². The molecule has 0 spiro atoms. The molecule has 0 aliphatic heterocycles. The Labute approximate surface area is 147 Å². The predicted octanol–water partition coefficient (Wildman–Crippen LogP) is 4.08. The molecule has 0 bridgehead atoms. The third-order valence-corrected chi connectivity index (χ3v) is 3.92. The van der Waals surface area contributed by atoms with Crippen molar-refractivity contribution in [2.24, 2.45) is 0 Å². The number of halogens is 1. The van der Waals surface area contributed by atoms with Gasteiger partial charge in [0.15, 0.2) is 0 Å². The van der Waals surface area contributed by atoms with E-state index in [-0.39, 0.29) is 5.91 Å². The molecule has 4 nitrogen and oxygen atoms in total. The second-order valence-corrected chi connectivity index (χ2v) is 6.05. The van der Waals surface area contributed by atoms with Crippen LogP contribution in [0, 0.1) is 6.92 Å². The standard InChI is InChI=1S/C19H22ClNO3/c1-14-4-7-17(8-5-14)24-11-10-19(22)21(2)13-15-12-16(20)6-9-18(15)23-3/h4-9,12H,10-11,13H2,1-3H3. The summed E-state index contributed by atoms with van der Waals surface area (Å²) in [5, 5.41) is 0.620. The molecule has 2 rings (SSSR count). The number of hydrogen-bond acceptors (Lipinski definition) is 3. The summed E-state index contributed by atoms with van der Waals surface area (Å²) < 4.78 is 10.9. The van der Waals surface area contributed by atoms with E-state index >= 15 is 0 Å². The van der Waals surface area contributed by atoms with Crippen molar-refractivity contribution in [2.75, 3.05) is 20.8 Å². The summed E-state index contributed by atoms with van der Waals surface area (Å²) in [5.74, 6) is 1.49. The largest absolute Gasteiger partial charge is 0.496 e. The first-order chi connectivity index (χ1) is 11.5. The van der Waals surface area contributed by atoms with Crippen molar-refractivity contribution in [1.29, 1.82) is 0 Å². The fourth-order valence-corrected chi connectivity index (χ4v) is 2.49. The Bertz CT molecular complexity index is 686. The second kappa shape index (κ2) is 8.60. The number of carbonyl (C=O) groups excluding carboxylic acids is 1. The molecule has 128 valence electrons. The zero-order valence-corrected chi connectivity index (χ0v) is 15.0. The first kappa shape index (κ1) is 18.1. The molecule has 0 saturated heterocycles. The van der Waals surface area contributed by atoms with Gasteiger partial charge >= 0.3 is 0 Å². The Kier molecular flexibility index (Phi) is 6.50. The zero-order valence-electron chi connectivity index (χ0n) is 14.2. The maximum atomic E-state index is 12.2. The molecule has 0 heterocycles. The first-order valence-electron chi connectivity index (χ1n) is 7.75. The van der Waals surface area contributed by atoms with Gasteiger partial charge < -0.3 is 14.4 Å². The van der Waals surface area contributed by atoms with Crippen molar-refractivity contribution >= 4 is 17.5 Å². The molecular formula is C19H22ClNO3. The molecular weight excluding hydrogens is 326 g/mol. The number of carbonyl (C=O) groups is 1. The zero-order chi connectivity index (χ0) is 17.5. The molecule has 2 aromatic rings. The van der Waals surface area contributed by atoms with Crippen molar-refractivity contribution in [3.8, 4) is 11.5 Å². The summed E-state index contributed by atoms with van der Waals surface area (Å²) in [6.45, 7) is 2.80. The van der Waals surface area contributed by atoms with Crippen molar-refractivity contribution in [3.63, 3.8) is 0 Å². The van der Waals surface area contributed by atoms with Gasteiger partial charge in [0.25, 0.3) is 0 Å². The maximum Gasteiger partial charge on any atom is 0.226 e. The topological polar surface area (TPSA) is 38.8 Å². The predicted molar refractivity (Wildman–Crippen MR) is 95.8 cm³/mol. The smallest absolute Gasteiger partial charge is 0.226 e. The minimum atomic E-state index is 0.00383. The van der Waals surface area contributed by atoms with Crippen LogP contribution < -0.4 is 9.47 Å². The van der Waals surface area contributed by atoms with Gasteiger partial charge in [0.1, 0.15) is 11.5 Å². The van der Waals surface area contributed by atoms with E-state index in [1.54, 1.807) is 31.2 Å². The number of ether oxygens (including phenoxy) is 2. The fraction of sp³-hybridized carbons (Fsp3) is 0.316. The van der Waals surface area contributed by atoms with Gasteiger partial charge in [0.2, 0.25) is 5.91 Å². The Morgan fingerprint density at radius 1 is 1.17 bits per heavy atom.